The summed E-state index contributed by atoms with van der Waals surface area (Å²) in [5.41, 5.74) is 0.581. The molecule has 7 heteroatoms. The summed E-state index contributed by atoms with van der Waals surface area (Å²) in [5.74, 6) is -1.86. The fraction of sp³-hybridized carbons (Fsp3) is 0.111. The molecule has 0 aliphatic heterocycles. The number of carbonyl (C=O) groups excluding carboxylic acids is 1. The second-order valence-electron chi connectivity index (χ2n) is 5.38. The number of rotatable bonds is 5. The number of nitrogens with one attached hydrogen (secondary N) is 2. The van der Waals surface area contributed by atoms with Crippen LogP contribution in [0.4, 0.5) is 8.78 Å². The van der Waals surface area contributed by atoms with Crippen LogP contribution in [-0.2, 0) is 6.42 Å². The van der Waals surface area contributed by atoms with Gasteiger partial charge < -0.3 is 10.3 Å². The average Bonchev–Trinajstić information content (AvgIpc) is 3.08. The summed E-state index contributed by atoms with van der Waals surface area (Å²) in [6.45, 7) is 0.161. The highest BCUT2D eigenvalue weighted by atomic mass is 32.1. The molecule has 0 aliphatic rings. The molecule has 2 aromatic heterocycles. The maximum absolute atomic E-state index is 13.1. The van der Waals surface area contributed by atoms with Crippen molar-refractivity contribution in [3.63, 3.8) is 0 Å². The molecule has 1 amide bonds. The third-order valence-corrected chi connectivity index (χ3v) is 4.47. The van der Waals surface area contributed by atoms with Crippen molar-refractivity contribution in [3.05, 3.63) is 81.0 Å². The Morgan fingerprint density at radius 3 is 2.52 bits per heavy atom. The second kappa shape index (κ2) is 7.40. The number of pyridine rings is 1. The third-order valence-electron chi connectivity index (χ3n) is 3.56. The lowest BCUT2D eigenvalue weighted by molar-refractivity contribution is 0.0952. The summed E-state index contributed by atoms with van der Waals surface area (Å²) in [6, 6.07) is 10.1. The molecule has 0 fully saturated rings. The molecular formula is C18H14F2N2O2S. The fourth-order valence-electron chi connectivity index (χ4n) is 2.40. The zero-order valence-electron chi connectivity index (χ0n) is 13.0. The van der Waals surface area contributed by atoms with E-state index in [1.807, 2.05) is 17.5 Å². The Morgan fingerprint density at radius 1 is 1.12 bits per heavy atom. The summed E-state index contributed by atoms with van der Waals surface area (Å²) in [5, 5.41) is 4.47. The monoisotopic (exact) mass is 360 g/mol. The molecule has 0 atom stereocenters. The van der Waals surface area contributed by atoms with Gasteiger partial charge in [0.2, 0.25) is 0 Å². The summed E-state index contributed by atoms with van der Waals surface area (Å²) in [6.07, 6.45) is 0.256. The number of carbonyl (C=O) groups is 1. The predicted octanol–water partition coefficient (Wildman–Crippen LogP) is 3.35. The number of aromatic amines is 1. The minimum atomic E-state index is -0.665. The maximum atomic E-state index is 13.1. The van der Waals surface area contributed by atoms with Crippen LogP contribution in [0.15, 0.2) is 52.6 Å². The highest BCUT2D eigenvalue weighted by molar-refractivity contribution is 7.13. The van der Waals surface area contributed by atoms with E-state index in [-0.39, 0.29) is 18.5 Å². The van der Waals surface area contributed by atoms with Crippen molar-refractivity contribution in [1.29, 1.82) is 0 Å². The van der Waals surface area contributed by atoms with Gasteiger partial charge in [0.25, 0.3) is 11.5 Å². The molecule has 0 spiro atoms. The van der Waals surface area contributed by atoms with E-state index in [4.69, 9.17) is 0 Å². The molecule has 0 radical (unpaired) electrons. The molecule has 0 aliphatic carbocycles. The molecule has 2 N–H and O–H groups in total. The fourth-order valence-corrected chi connectivity index (χ4v) is 3.11. The van der Waals surface area contributed by atoms with Gasteiger partial charge in [-0.15, -0.1) is 11.3 Å². The number of benzene rings is 1. The van der Waals surface area contributed by atoms with Crippen molar-refractivity contribution in [3.8, 4) is 10.6 Å². The zero-order chi connectivity index (χ0) is 17.8. The van der Waals surface area contributed by atoms with Crippen LogP contribution in [0.5, 0.6) is 0 Å². The van der Waals surface area contributed by atoms with Crippen LogP contribution in [0.25, 0.3) is 10.6 Å². The first-order valence-electron chi connectivity index (χ1n) is 7.53. The van der Waals surface area contributed by atoms with Crippen LogP contribution in [0, 0.1) is 11.6 Å². The largest absolute Gasteiger partial charge is 0.352 e. The topological polar surface area (TPSA) is 62.0 Å². The smallest absolute Gasteiger partial charge is 0.261 e. The molecule has 1 aromatic carbocycles. The van der Waals surface area contributed by atoms with Gasteiger partial charge in [0.15, 0.2) is 0 Å². The number of H-pyrrole nitrogens is 1. The minimum Gasteiger partial charge on any atom is -0.352 e. The number of hydrogen-bond acceptors (Lipinski definition) is 3. The third kappa shape index (κ3) is 4.19. The van der Waals surface area contributed by atoms with E-state index < -0.39 is 23.1 Å². The van der Waals surface area contributed by atoms with Gasteiger partial charge in [0.05, 0.1) is 10.6 Å². The van der Waals surface area contributed by atoms with E-state index in [1.54, 1.807) is 6.07 Å². The van der Waals surface area contributed by atoms with Crippen LogP contribution in [-0.4, -0.2) is 17.4 Å². The van der Waals surface area contributed by atoms with Crippen LogP contribution >= 0.6 is 11.3 Å². The zero-order valence-corrected chi connectivity index (χ0v) is 13.8. The van der Waals surface area contributed by atoms with Crippen molar-refractivity contribution in [2.45, 2.75) is 6.42 Å². The summed E-state index contributed by atoms with van der Waals surface area (Å²) in [7, 11) is 0. The molecular weight excluding hydrogens is 346 g/mol. The highest BCUT2D eigenvalue weighted by Gasteiger charge is 2.11. The molecule has 2 heterocycles. The number of aromatic nitrogens is 1. The molecule has 0 unspecified atom stereocenters. The number of hydrogen-bond donors (Lipinski definition) is 2. The Hall–Kier alpha value is -2.80. The van der Waals surface area contributed by atoms with Gasteiger partial charge in [-0.25, -0.2) is 8.78 Å². The number of thiophene rings is 1. The normalized spacial score (nSPS) is 10.6. The Morgan fingerprint density at radius 2 is 1.88 bits per heavy atom. The van der Waals surface area contributed by atoms with Gasteiger partial charge in [-0.1, -0.05) is 6.07 Å². The Labute approximate surface area is 146 Å². The van der Waals surface area contributed by atoms with Crippen molar-refractivity contribution in [2.24, 2.45) is 0 Å². The molecule has 0 saturated heterocycles. The van der Waals surface area contributed by atoms with E-state index in [2.05, 4.69) is 10.3 Å². The van der Waals surface area contributed by atoms with E-state index in [1.165, 1.54) is 29.5 Å². The van der Waals surface area contributed by atoms with Crippen molar-refractivity contribution in [1.82, 2.24) is 10.3 Å². The highest BCUT2D eigenvalue weighted by Crippen LogP contribution is 2.21. The number of amides is 1. The van der Waals surface area contributed by atoms with Gasteiger partial charge in [-0.05, 0) is 47.7 Å². The van der Waals surface area contributed by atoms with Gasteiger partial charge in [0.1, 0.15) is 17.2 Å². The summed E-state index contributed by atoms with van der Waals surface area (Å²) >= 11 is 1.48. The standard InChI is InChI=1S/C18H14F2N2O2S/c19-12-8-11(9-13(20)10-12)5-6-21-17(23)14-3-4-15(22-18(14)24)16-2-1-7-25-16/h1-4,7-10H,5-6H2,(H,21,23)(H,22,24). The molecule has 128 valence electrons. The van der Waals surface area contributed by atoms with Crippen LogP contribution in [0.3, 0.4) is 0 Å². The molecule has 0 saturated carbocycles. The predicted molar refractivity (Wildman–Crippen MR) is 92.8 cm³/mol. The Balaban J connectivity index is 1.64. The van der Waals surface area contributed by atoms with Gasteiger partial charge in [0, 0.05) is 12.6 Å². The number of halogens is 2. The van der Waals surface area contributed by atoms with E-state index >= 15 is 0 Å². The molecule has 0 bridgehead atoms. The van der Waals surface area contributed by atoms with E-state index in [0.29, 0.717) is 11.3 Å². The lowest BCUT2D eigenvalue weighted by Crippen LogP contribution is -2.31. The molecule has 3 aromatic rings. The molecule has 25 heavy (non-hydrogen) atoms. The average molecular weight is 360 g/mol. The van der Waals surface area contributed by atoms with E-state index in [9.17, 15) is 18.4 Å². The van der Waals surface area contributed by atoms with Gasteiger partial charge in [-0.3, -0.25) is 9.59 Å². The maximum Gasteiger partial charge on any atom is 0.261 e. The first-order chi connectivity index (χ1) is 12.0. The first kappa shape index (κ1) is 17.0. The molecule has 4 nitrogen and oxygen atoms in total. The van der Waals surface area contributed by atoms with Crippen molar-refractivity contribution >= 4 is 17.2 Å². The van der Waals surface area contributed by atoms with Crippen LogP contribution in [0.2, 0.25) is 0 Å². The van der Waals surface area contributed by atoms with Gasteiger partial charge >= 0.3 is 0 Å². The minimum absolute atomic E-state index is 0.00858. The van der Waals surface area contributed by atoms with E-state index in [0.717, 1.165) is 10.9 Å². The van der Waals surface area contributed by atoms with Crippen molar-refractivity contribution in [2.75, 3.05) is 6.54 Å². The van der Waals surface area contributed by atoms with Gasteiger partial charge in [-0.2, -0.15) is 0 Å². The summed E-state index contributed by atoms with van der Waals surface area (Å²) < 4.78 is 26.2. The lowest BCUT2D eigenvalue weighted by atomic mass is 10.1. The summed E-state index contributed by atoms with van der Waals surface area (Å²) in [4.78, 5) is 27.8. The van der Waals surface area contributed by atoms with Crippen LogP contribution < -0.4 is 10.9 Å². The molecule has 3 rings (SSSR count). The Kier molecular flexibility index (Phi) is 5.04. The second-order valence-corrected chi connectivity index (χ2v) is 6.32. The van der Waals surface area contributed by atoms with Crippen LogP contribution in [0.1, 0.15) is 15.9 Å². The lowest BCUT2D eigenvalue weighted by Gasteiger charge is -2.06. The SMILES string of the molecule is O=C(NCCc1cc(F)cc(F)c1)c1ccc(-c2cccs2)[nH]c1=O. The Bertz CT molecular complexity index is 932. The quantitative estimate of drug-likeness (QED) is 0.733. The first-order valence-corrected chi connectivity index (χ1v) is 8.41. The van der Waals surface area contributed by atoms with Crippen molar-refractivity contribution < 1.29 is 13.6 Å².